The number of para-hydroxylation sites is 1. The van der Waals surface area contributed by atoms with Gasteiger partial charge in [0.25, 0.3) is 0 Å². The number of carbonyl (C=O) groups excluding carboxylic acids is 2. The zero-order valence-electron chi connectivity index (χ0n) is 16.5. The maximum absolute atomic E-state index is 12.7. The average Bonchev–Trinajstić information content (AvgIpc) is 3.09. The quantitative estimate of drug-likeness (QED) is 0.784. The molecule has 1 aliphatic heterocycles. The van der Waals surface area contributed by atoms with Gasteiger partial charge in [0.1, 0.15) is 0 Å². The predicted octanol–water partition coefficient (Wildman–Crippen LogP) is 3.50. The van der Waals surface area contributed by atoms with E-state index in [0.29, 0.717) is 18.9 Å². The lowest BCUT2D eigenvalue weighted by molar-refractivity contribution is -0.135. The van der Waals surface area contributed by atoms with Crippen molar-refractivity contribution in [3.8, 4) is 0 Å². The Kier molecular flexibility index (Phi) is 6.54. The summed E-state index contributed by atoms with van der Waals surface area (Å²) in [6.45, 7) is 6.35. The minimum absolute atomic E-state index is 0.0667. The molecule has 2 N–H and O–H groups in total. The van der Waals surface area contributed by atoms with Gasteiger partial charge in [-0.3, -0.25) is 9.59 Å². The Hall–Kier alpha value is -2.30. The van der Waals surface area contributed by atoms with Crippen LogP contribution in [0.2, 0.25) is 0 Å². The molecule has 5 nitrogen and oxygen atoms in total. The van der Waals surface area contributed by atoms with Gasteiger partial charge in [0.05, 0.1) is 5.92 Å². The first-order valence-corrected chi connectivity index (χ1v) is 10.1. The number of fused-ring (bicyclic) bond motifs is 1. The second kappa shape index (κ2) is 9.07. The Bertz CT molecular complexity index is 781. The van der Waals surface area contributed by atoms with Crippen molar-refractivity contribution in [1.29, 1.82) is 0 Å². The largest absolute Gasteiger partial charge is 0.361 e. The summed E-state index contributed by atoms with van der Waals surface area (Å²) in [5, 5.41) is 4.22. The van der Waals surface area contributed by atoms with Crippen LogP contribution in [0.5, 0.6) is 0 Å². The molecule has 146 valence electrons. The number of aryl methyl sites for hydroxylation is 1. The molecule has 1 aromatic heterocycles. The second-order valence-corrected chi connectivity index (χ2v) is 8.01. The highest BCUT2D eigenvalue weighted by molar-refractivity contribution is 5.84. The summed E-state index contributed by atoms with van der Waals surface area (Å²) in [6, 6.07) is 8.17. The number of rotatable bonds is 7. The summed E-state index contributed by atoms with van der Waals surface area (Å²) >= 11 is 0. The molecular weight excluding hydrogens is 338 g/mol. The fourth-order valence-electron chi connectivity index (χ4n) is 3.78. The van der Waals surface area contributed by atoms with E-state index in [0.717, 1.165) is 44.3 Å². The minimum atomic E-state index is -0.0667. The molecule has 3 rings (SSSR count). The smallest absolute Gasteiger partial charge is 0.224 e. The molecule has 1 fully saturated rings. The van der Waals surface area contributed by atoms with Gasteiger partial charge >= 0.3 is 0 Å². The number of hydrogen-bond acceptors (Lipinski definition) is 2. The zero-order valence-corrected chi connectivity index (χ0v) is 16.5. The molecule has 0 bridgehead atoms. The third kappa shape index (κ3) is 5.12. The third-order valence-corrected chi connectivity index (χ3v) is 5.45. The second-order valence-electron chi connectivity index (χ2n) is 8.01. The molecule has 0 spiro atoms. The SMILES string of the molecule is CC(C)CCNC(=O)[C@H]1CCCN(C(=O)CCc2c[nH]c3ccccc23)C1. The van der Waals surface area contributed by atoms with Crippen molar-refractivity contribution >= 4 is 22.7 Å². The maximum Gasteiger partial charge on any atom is 0.224 e. The number of nitrogens with one attached hydrogen (secondary N) is 2. The van der Waals surface area contributed by atoms with E-state index in [2.05, 4.69) is 30.2 Å². The fourth-order valence-corrected chi connectivity index (χ4v) is 3.78. The molecule has 2 aromatic rings. The Morgan fingerprint density at radius 2 is 2.11 bits per heavy atom. The number of nitrogens with zero attached hydrogens (tertiary/aromatic N) is 1. The highest BCUT2D eigenvalue weighted by atomic mass is 16.2. The lowest BCUT2D eigenvalue weighted by Crippen LogP contribution is -2.45. The molecule has 0 unspecified atom stereocenters. The summed E-state index contributed by atoms with van der Waals surface area (Å²) in [5.41, 5.74) is 2.29. The Morgan fingerprint density at radius 1 is 1.30 bits per heavy atom. The molecule has 2 heterocycles. The van der Waals surface area contributed by atoms with Gasteiger partial charge in [-0.2, -0.15) is 0 Å². The van der Waals surface area contributed by atoms with Gasteiger partial charge < -0.3 is 15.2 Å². The van der Waals surface area contributed by atoms with Crippen LogP contribution in [0.15, 0.2) is 30.5 Å². The van der Waals surface area contributed by atoms with Crippen LogP contribution in [-0.2, 0) is 16.0 Å². The summed E-state index contributed by atoms with van der Waals surface area (Å²) in [6.07, 6.45) is 5.99. The number of hydrogen-bond donors (Lipinski definition) is 2. The zero-order chi connectivity index (χ0) is 19.2. The molecule has 1 aromatic carbocycles. The molecule has 0 radical (unpaired) electrons. The topological polar surface area (TPSA) is 65.2 Å². The predicted molar refractivity (Wildman–Crippen MR) is 108 cm³/mol. The van der Waals surface area contributed by atoms with Crippen LogP contribution in [0, 0.1) is 11.8 Å². The van der Waals surface area contributed by atoms with Crippen molar-refractivity contribution in [2.75, 3.05) is 19.6 Å². The molecule has 5 heteroatoms. The van der Waals surface area contributed by atoms with Crippen LogP contribution >= 0.6 is 0 Å². The number of benzene rings is 1. The van der Waals surface area contributed by atoms with Gasteiger partial charge in [0.2, 0.25) is 11.8 Å². The van der Waals surface area contributed by atoms with Crippen molar-refractivity contribution < 1.29 is 9.59 Å². The van der Waals surface area contributed by atoms with E-state index in [1.807, 2.05) is 29.3 Å². The van der Waals surface area contributed by atoms with E-state index in [4.69, 9.17) is 0 Å². The lowest BCUT2D eigenvalue weighted by atomic mass is 9.96. The molecule has 27 heavy (non-hydrogen) atoms. The summed E-state index contributed by atoms with van der Waals surface area (Å²) in [4.78, 5) is 30.2. The summed E-state index contributed by atoms with van der Waals surface area (Å²) in [7, 11) is 0. The number of amides is 2. The van der Waals surface area contributed by atoms with Crippen LogP contribution in [0.25, 0.3) is 10.9 Å². The molecule has 0 aliphatic carbocycles. The number of piperidine rings is 1. The first-order valence-electron chi connectivity index (χ1n) is 10.1. The molecular formula is C22H31N3O2. The Balaban J connectivity index is 1.50. The normalized spacial score (nSPS) is 17.4. The van der Waals surface area contributed by atoms with Gasteiger partial charge in [0.15, 0.2) is 0 Å². The minimum Gasteiger partial charge on any atom is -0.361 e. The Labute approximate surface area is 161 Å². The number of carbonyl (C=O) groups is 2. The molecule has 1 saturated heterocycles. The first kappa shape index (κ1) is 19.5. The van der Waals surface area contributed by atoms with Crippen molar-refractivity contribution in [2.24, 2.45) is 11.8 Å². The van der Waals surface area contributed by atoms with Gasteiger partial charge in [0, 0.05) is 43.2 Å². The first-order chi connectivity index (χ1) is 13.0. The fraction of sp³-hybridized carbons (Fsp3) is 0.545. The number of aromatic nitrogens is 1. The van der Waals surface area contributed by atoms with Gasteiger partial charge in [-0.25, -0.2) is 0 Å². The summed E-state index contributed by atoms with van der Waals surface area (Å²) < 4.78 is 0. The van der Waals surface area contributed by atoms with Crippen LogP contribution in [0.3, 0.4) is 0 Å². The van der Waals surface area contributed by atoms with Crippen molar-refractivity contribution in [3.63, 3.8) is 0 Å². The van der Waals surface area contributed by atoms with Crippen LogP contribution in [-0.4, -0.2) is 41.3 Å². The van der Waals surface area contributed by atoms with Crippen molar-refractivity contribution in [2.45, 2.75) is 46.0 Å². The van der Waals surface area contributed by atoms with E-state index in [1.54, 1.807) is 0 Å². The summed E-state index contributed by atoms with van der Waals surface area (Å²) in [5.74, 6) is 0.770. The van der Waals surface area contributed by atoms with E-state index in [9.17, 15) is 9.59 Å². The van der Waals surface area contributed by atoms with E-state index in [-0.39, 0.29) is 17.7 Å². The van der Waals surface area contributed by atoms with Gasteiger partial charge in [-0.15, -0.1) is 0 Å². The van der Waals surface area contributed by atoms with Crippen LogP contribution in [0.1, 0.15) is 45.1 Å². The van der Waals surface area contributed by atoms with Gasteiger partial charge in [-0.05, 0) is 43.2 Å². The molecule has 1 atom stereocenters. The molecule has 2 amide bonds. The number of aromatic amines is 1. The van der Waals surface area contributed by atoms with E-state index in [1.165, 1.54) is 10.9 Å². The third-order valence-electron chi connectivity index (χ3n) is 5.45. The van der Waals surface area contributed by atoms with E-state index < -0.39 is 0 Å². The van der Waals surface area contributed by atoms with Crippen molar-refractivity contribution in [1.82, 2.24) is 15.2 Å². The highest BCUT2D eigenvalue weighted by Gasteiger charge is 2.28. The van der Waals surface area contributed by atoms with Gasteiger partial charge in [-0.1, -0.05) is 32.0 Å². The van der Waals surface area contributed by atoms with Crippen molar-refractivity contribution in [3.05, 3.63) is 36.0 Å². The number of likely N-dealkylation sites (tertiary alicyclic amines) is 1. The standard InChI is InChI=1S/C22H31N3O2/c1-16(2)11-12-23-22(27)18-6-5-13-25(15-18)21(26)10-9-17-14-24-20-8-4-3-7-19(17)20/h3-4,7-8,14,16,18,24H,5-6,9-13,15H2,1-2H3,(H,23,27)/t18-/m0/s1. The molecule has 0 saturated carbocycles. The van der Waals surface area contributed by atoms with Crippen LogP contribution in [0.4, 0.5) is 0 Å². The highest BCUT2D eigenvalue weighted by Crippen LogP contribution is 2.21. The maximum atomic E-state index is 12.7. The molecule has 1 aliphatic rings. The lowest BCUT2D eigenvalue weighted by Gasteiger charge is -2.32. The number of H-pyrrole nitrogens is 1. The average molecular weight is 370 g/mol. The Morgan fingerprint density at radius 3 is 2.93 bits per heavy atom. The monoisotopic (exact) mass is 369 g/mol. The van der Waals surface area contributed by atoms with Crippen LogP contribution < -0.4 is 5.32 Å². The van der Waals surface area contributed by atoms with E-state index >= 15 is 0 Å².